The Morgan fingerprint density at radius 2 is 2.16 bits per heavy atom. The lowest BCUT2D eigenvalue weighted by molar-refractivity contribution is -0.151. The second kappa shape index (κ2) is 6.55. The van der Waals surface area contributed by atoms with Gasteiger partial charge in [-0.15, -0.1) is 0 Å². The van der Waals surface area contributed by atoms with Crippen molar-refractivity contribution in [2.24, 2.45) is 0 Å². The Kier molecular flexibility index (Phi) is 5.34. The molecule has 2 N–H and O–H groups in total. The van der Waals surface area contributed by atoms with E-state index < -0.39 is 29.8 Å². The highest BCUT2D eigenvalue weighted by Gasteiger charge is 2.38. The fraction of sp³-hybridized carbons (Fsp3) is 0.636. The van der Waals surface area contributed by atoms with Gasteiger partial charge in [-0.05, 0) is 6.42 Å². The normalized spacial score (nSPS) is 20.8. The van der Waals surface area contributed by atoms with E-state index in [1.807, 2.05) is 0 Å². The lowest BCUT2D eigenvalue weighted by atomic mass is 10.1. The zero-order valence-corrected chi connectivity index (χ0v) is 11.7. The van der Waals surface area contributed by atoms with Gasteiger partial charge in [0.1, 0.15) is 18.6 Å². The fourth-order valence-corrected chi connectivity index (χ4v) is 2.18. The van der Waals surface area contributed by atoms with E-state index in [9.17, 15) is 19.2 Å². The van der Waals surface area contributed by atoms with Gasteiger partial charge in [-0.3, -0.25) is 24.5 Å². The predicted molar refractivity (Wildman–Crippen MR) is 70.4 cm³/mol. The second-order valence-electron chi connectivity index (χ2n) is 4.24. The van der Waals surface area contributed by atoms with E-state index in [-0.39, 0.29) is 18.2 Å². The van der Waals surface area contributed by atoms with E-state index in [0.29, 0.717) is 6.42 Å². The van der Waals surface area contributed by atoms with Gasteiger partial charge in [0.05, 0.1) is 0 Å². The quantitative estimate of drug-likeness (QED) is 0.442. The van der Waals surface area contributed by atoms with Crippen LogP contribution in [0.2, 0.25) is 0 Å². The molecule has 1 aliphatic rings. The van der Waals surface area contributed by atoms with E-state index in [1.165, 1.54) is 11.8 Å². The molecule has 1 aliphatic heterocycles. The Morgan fingerprint density at radius 1 is 1.53 bits per heavy atom. The molecule has 1 saturated heterocycles. The molecule has 19 heavy (non-hydrogen) atoms. The first-order chi connectivity index (χ1) is 8.90. The third kappa shape index (κ3) is 3.69. The van der Waals surface area contributed by atoms with Gasteiger partial charge in [-0.25, -0.2) is 0 Å². The fourth-order valence-electron chi connectivity index (χ4n) is 1.93. The van der Waals surface area contributed by atoms with E-state index in [0.717, 1.165) is 0 Å². The molecular weight excluding hydrogens is 270 g/mol. The standard InChI is InChI=1S/C11H17N3O4S/c1-3-8-10(17)13-9(16)4-14(8)11(18)7(5-19)12-6(2)15/h7-8,19H,3-5H2,1-2H3,(H,12,15)(H,13,16,17). The largest absolute Gasteiger partial charge is 0.344 e. The Morgan fingerprint density at radius 3 is 2.63 bits per heavy atom. The Bertz CT molecular complexity index is 413. The van der Waals surface area contributed by atoms with Crippen molar-refractivity contribution in [3.63, 3.8) is 0 Å². The number of hydrogen-bond donors (Lipinski definition) is 3. The summed E-state index contributed by atoms with van der Waals surface area (Å²) in [4.78, 5) is 47.5. The number of carbonyl (C=O) groups is 4. The Balaban J connectivity index is 2.90. The summed E-state index contributed by atoms with van der Waals surface area (Å²) in [7, 11) is 0. The van der Waals surface area contributed by atoms with Crippen molar-refractivity contribution >= 4 is 36.3 Å². The molecule has 2 atom stereocenters. The zero-order valence-electron chi connectivity index (χ0n) is 10.8. The summed E-state index contributed by atoms with van der Waals surface area (Å²) in [5.74, 6) is -1.76. The number of piperazine rings is 1. The average molecular weight is 287 g/mol. The molecule has 106 valence electrons. The molecule has 0 aromatic heterocycles. The summed E-state index contributed by atoms with van der Waals surface area (Å²) in [6, 6.07) is -1.53. The summed E-state index contributed by atoms with van der Waals surface area (Å²) in [5, 5.41) is 4.64. The molecule has 1 fully saturated rings. The summed E-state index contributed by atoms with van der Waals surface area (Å²) >= 11 is 4.01. The van der Waals surface area contributed by atoms with Crippen LogP contribution in [-0.2, 0) is 19.2 Å². The third-order valence-corrected chi connectivity index (χ3v) is 3.15. The highest BCUT2D eigenvalue weighted by molar-refractivity contribution is 7.80. The van der Waals surface area contributed by atoms with E-state index in [2.05, 4.69) is 23.3 Å². The van der Waals surface area contributed by atoms with Crippen molar-refractivity contribution in [3.05, 3.63) is 0 Å². The molecule has 1 rings (SSSR count). The highest BCUT2D eigenvalue weighted by atomic mass is 32.1. The topological polar surface area (TPSA) is 95.6 Å². The van der Waals surface area contributed by atoms with Gasteiger partial charge in [-0.2, -0.15) is 12.6 Å². The molecule has 0 spiro atoms. The minimum atomic E-state index is -0.839. The van der Waals surface area contributed by atoms with E-state index >= 15 is 0 Å². The van der Waals surface area contributed by atoms with Crippen molar-refractivity contribution in [1.82, 2.24) is 15.5 Å². The maximum Gasteiger partial charge on any atom is 0.249 e. The zero-order chi connectivity index (χ0) is 14.6. The van der Waals surface area contributed by atoms with Crippen LogP contribution in [0.25, 0.3) is 0 Å². The smallest absolute Gasteiger partial charge is 0.249 e. The molecule has 8 heteroatoms. The predicted octanol–water partition coefficient (Wildman–Crippen LogP) is -1.32. The monoisotopic (exact) mass is 287 g/mol. The van der Waals surface area contributed by atoms with Crippen LogP contribution in [0.1, 0.15) is 20.3 Å². The molecule has 2 unspecified atom stereocenters. The second-order valence-corrected chi connectivity index (χ2v) is 4.60. The Hall–Kier alpha value is -1.57. The first-order valence-electron chi connectivity index (χ1n) is 5.92. The first-order valence-corrected chi connectivity index (χ1v) is 6.56. The maximum absolute atomic E-state index is 12.3. The summed E-state index contributed by atoms with van der Waals surface area (Å²) in [6.07, 6.45) is 0.393. The van der Waals surface area contributed by atoms with Gasteiger partial charge in [0, 0.05) is 12.7 Å². The van der Waals surface area contributed by atoms with Crippen LogP contribution < -0.4 is 10.6 Å². The molecule has 7 nitrogen and oxygen atoms in total. The van der Waals surface area contributed by atoms with Gasteiger partial charge in [-0.1, -0.05) is 6.92 Å². The molecule has 0 aromatic carbocycles. The third-order valence-electron chi connectivity index (χ3n) is 2.78. The molecule has 0 bridgehead atoms. The van der Waals surface area contributed by atoms with E-state index in [4.69, 9.17) is 0 Å². The molecular formula is C11H17N3O4S. The maximum atomic E-state index is 12.3. The van der Waals surface area contributed by atoms with Crippen LogP contribution in [0.15, 0.2) is 0 Å². The van der Waals surface area contributed by atoms with Crippen molar-refractivity contribution in [2.75, 3.05) is 12.3 Å². The number of imide groups is 1. The number of hydrogen-bond acceptors (Lipinski definition) is 5. The minimum absolute atomic E-state index is 0.0984. The lowest BCUT2D eigenvalue weighted by Gasteiger charge is -2.35. The van der Waals surface area contributed by atoms with Gasteiger partial charge < -0.3 is 10.2 Å². The summed E-state index contributed by atoms with van der Waals surface area (Å²) in [5.41, 5.74) is 0. The highest BCUT2D eigenvalue weighted by Crippen LogP contribution is 2.11. The summed E-state index contributed by atoms with van der Waals surface area (Å²) in [6.45, 7) is 2.84. The van der Waals surface area contributed by atoms with Crippen molar-refractivity contribution < 1.29 is 19.2 Å². The van der Waals surface area contributed by atoms with Gasteiger partial charge >= 0.3 is 0 Å². The number of amides is 4. The molecule has 1 heterocycles. The molecule has 0 radical (unpaired) electrons. The van der Waals surface area contributed by atoms with Crippen LogP contribution >= 0.6 is 12.6 Å². The number of thiol groups is 1. The first kappa shape index (κ1) is 15.5. The molecule has 0 saturated carbocycles. The minimum Gasteiger partial charge on any atom is -0.344 e. The van der Waals surface area contributed by atoms with Crippen LogP contribution in [0.5, 0.6) is 0 Å². The molecule has 0 aromatic rings. The van der Waals surface area contributed by atoms with Crippen molar-refractivity contribution in [2.45, 2.75) is 32.4 Å². The lowest BCUT2D eigenvalue weighted by Crippen LogP contribution is -2.63. The number of nitrogens with zero attached hydrogens (tertiary/aromatic N) is 1. The summed E-state index contributed by atoms with van der Waals surface area (Å²) < 4.78 is 0. The number of rotatable bonds is 4. The number of carbonyl (C=O) groups excluding carboxylic acids is 4. The Labute approximate surface area is 116 Å². The molecule has 4 amide bonds. The van der Waals surface area contributed by atoms with Crippen LogP contribution in [-0.4, -0.2) is 52.9 Å². The van der Waals surface area contributed by atoms with Gasteiger partial charge in [0.15, 0.2) is 0 Å². The number of nitrogens with one attached hydrogen (secondary N) is 2. The van der Waals surface area contributed by atoms with Crippen molar-refractivity contribution in [1.29, 1.82) is 0 Å². The average Bonchev–Trinajstić information content (AvgIpc) is 2.34. The van der Waals surface area contributed by atoms with Gasteiger partial charge in [0.25, 0.3) is 0 Å². The van der Waals surface area contributed by atoms with E-state index in [1.54, 1.807) is 6.92 Å². The SMILES string of the molecule is CCC1C(=O)NC(=O)CN1C(=O)C(CS)NC(C)=O. The molecule has 0 aliphatic carbocycles. The van der Waals surface area contributed by atoms with Crippen LogP contribution in [0.3, 0.4) is 0 Å². The van der Waals surface area contributed by atoms with Gasteiger partial charge in [0.2, 0.25) is 23.6 Å². The van der Waals surface area contributed by atoms with Crippen molar-refractivity contribution in [3.8, 4) is 0 Å². The van der Waals surface area contributed by atoms with Crippen LogP contribution in [0, 0.1) is 0 Å². The van der Waals surface area contributed by atoms with Crippen LogP contribution in [0.4, 0.5) is 0 Å².